The Labute approximate surface area is 810 Å². The van der Waals surface area contributed by atoms with E-state index in [9.17, 15) is 0 Å². The van der Waals surface area contributed by atoms with E-state index in [0.29, 0.717) is 11.8 Å². The van der Waals surface area contributed by atoms with Crippen molar-refractivity contribution in [1.82, 2.24) is 44.8 Å². The molecule has 12 rings (SSSR count). The summed E-state index contributed by atoms with van der Waals surface area (Å²) in [5.74, 6) is 2.98. The predicted octanol–water partition coefficient (Wildman–Crippen LogP) is 33.2. The number of rotatable bonds is 12. The zero-order valence-electron chi connectivity index (χ0n) is 87.9. The molecule has 8 aromatic rings. The van der Waals surface area contributed by atoms with Gasteiger partial charge in [-0.25, -0.2) is 19.9 Å². The molecule has 12 heterocycles. The second kappa shape index (κ2) is 52.2. The van der Waals surface area contributed by atoms with Crippen LogP contribution in [0.4, 0.5) is 0 Å². The minimum absolute atomic E-state index is 0.0360. The van der Waals surface area contributed by atoms with E-state index in [1.807, 2.05) is 42.6 Å². The van der Waals surface area contributed by atoms with Gasteiger partial charge in [0, 0.05) is 113 Å². The Morgan fingerprint density at radius 3 is 1.21 bits per heavy atom. The Balaban J connectivity index is 0.000000720. The van der Waals surface area contributed by atoms with Crippen molar-refractivity contribution in [3.05, 3.63) is 287 Å². The monoisotopic (exact) mass is 1850 g/mol. The molecule has 4 aliphatic heterocycles. The summed E-state index contributed by atoms with van der Waals surface area (Å²) >= 11 is 4.85. The fourth-order valence-corrected chi connectivity index (χ4v) is 13.4. The largest absolute Gasteiger partial charge is 0.445 e. The number of hydrogen-bond donors (Lipinski definition) is 1. The molecular formula is C112H165N13O4S3. The molecule has 17 nitrogen and oxygen atoms in total. The van der Waals surface area contributed by atoms with Crippen LogP contribution in [-0.2, 0) is 43.3 Å². The zero-order chi connectivity index (χ0) is 102. The number of thiazole rings is 2. The smallest absolute Gasteiger partial charge is 0.218 e. The van der Waals surface area contributed by atoms with Crippen molar-refractivity contribution in [3.8, 4) is 0 Å². The van der Waals surface area contributed by atoms with Gasteiger partial charge in [0.15, 0.2) is 0 Å². The van der Waals surface area contributed by atoms with E-state index < -0.39 is 0 Å². The molecular weight excluding hydrogens is 1690 g/mol. The number of oxazole rings is 2. The van der Waals surface area contributed by atoms with Crippen LogP contribution in [0, 0.1) is 21.7 Å². The highest BCUT2D eigenvalue weighted by Crippen LogP contribution is 2.36. The average Bonchev–Trinajstić information content (AvgIpc) is 1.70. The molecule has 132 heavy (non-hydrogen) atoms. The van der Waals surface area contributed by atoms with E-state index in [-0.39, 0.29) is 65.0 Å². The van der Waals surface area contributed by atoms with Crippen molar-refractivity contribution >= 4 is 106 Å². The lowest BCUT2D eigenvalue weighted by Crippen LogP contribution is -2.14. The van der Waals surface area contributed by atoms with Crippen molar-refractivity contribution in [2.24, 2.45) is 41.6 Å². The third-order valence-electron chi connectivity index (χ3n) is 19.4. The Morgan fingerprint density at radius 2 is 0.939 bits per heavy atom. The number of aromatic amines is 1. The first-order valence-electron chi connectivity index (χ1n) is 44.8. The number of aliphatic imine (C=N–C) groups is 4. The van der Waals surface area contributed by atoms with Crippen molar-refractivity contribution in [2.45, 2.75) is 305 Å². The second-order valence-electron chi connectivity index (χ2n) is 43.8. The summed E-state index contributed by atoms with van der Waals surface area (Å²) in [4.78, 5) is 35.6. The summed E-state index contributed by atoms with van der Waals surface area (Å²) in [5, 5.41) is 20.9. The van der Waals surface area contributed by atoms with Gasteiger partial charge >= 0.3 is 0 Å². The van der Waals surface area contributed by atoms with Gasteiger partial charge in [-0.15, -0.1) is 22.7 Å². The second-order valence-corrected chi connectivity index (χ2v) is 46.4. The lowest BCUT2D eigenvalue weighted by molar-refractivity contribution is 0.328. The first-order valence-corrected chi connectivity index (χ1v) is 47.4. The van der Waals surface area contributed by atoms with Crippen LogP contribution < -0.4 is 0 Å². The normalized spacial score (nSPS) is 13.6. The topological polar surface area (TPSA) is 221 Å². The standard InChI is InChI=1S/4C10H15N.C9H14N2.4C9H13NO.3C9H13NS/c1-5-9-6-8(7-11-9)10(2,3)4;1-5-9-8(6-7-11-9)10(2,3)4;2*1-5-8-6-7-9(11-8)10(2,3)4;1-5-7-6-8(11-10-7)9(2,3)4;1-5-8-10-7(6-11-8)9(2,3)4;1-5-8-10-6-7(11-8)9(2,3)4;1-5-8-7(6-11-10-8)9(2,3)4;1-5-7-6-8(11-10-7)9(2,3)4;1-5-8-10-7(6-11-8)9(2,3)4;1-5-8-10-6-7(11-8)9(2,3)4;1-5-8-7(6-11-10-8)9(2,3)4/h2*5-6H,1,7H2,2-4H3;2*5,7H,1,6H2,2-4H3;5-6H,1H2,2-4H3,(H,10,11);7*5-6H,1H2,2-4H3. The van der Waals surface area contributed by atoms with E-state index in [0.717, 1.165) is 116 Å². The van der Waals surface area contributed by atoms with E-state index in [2.05, 4.69) is 428 Å². The van der Waals surface area contributed by atoms with Gasteiger partial charge in [0.2, 0.25) is 11.8 Å². The van der Waals surface area contributed by atoms with Crippen LogP contribution in [-0.4, -0.2) is 80.8 Å². The molecule has 0 atom stereocenters. The zero-order valence-corrected chi connectivity index (χ0v) is 90.3. The minimum atomic E-state index is 0.0360. The van der Waals surface area contributed by atoms with Crippen LogP contribution in [0.25, 0.3) is 48.6 Å². The van der Waals surface area contributed by atoms with E-state index >= 15 is 0 Å². The number of allylic oxidation sites excluding steroid dienone is 10. The summed E-state index contributed by atoms with van der Waals surface area (Å²) in [5.41, 5.74) is 20.4. The van der Waals surface area contributed by atoms with Gasteiger partial charge in [-0.1, -0.05) is 357 Å². The summed E-state index contributed by atoms with van der Waals surface area (Å²) in [6.07, 6.45) is 38.7. The molecule has 1 N–H and O–H groups in total. The Kier molecular flexibility index (Phi) is 47.3. The highest BCUT2D eigenvalue weighted by atomic mass is 32.1. The SMILES string of the molecule is C=CC1=NC(C(C)(C)C)=CC1.C=CC1=NC(C(C)(C)C)=CC1.C=CC1=NCC(C(C)(C)C)=C1.C=CC1=NCC=C1C(C)(C)C.C=Cc1cc(C(C)(C)C)[nH]n1.C=Cc1cc(C(C)(C)C)on1.C=Cc1nc(C(C)(C)C)co1.C=Cc1nc(C(C)(C)C)cs1.C=Cc1ncc(C(C)(C)C)o1.C=Cc1ncc(C(C)(C)C)s1.C=Cc1nocc1C(C)(C)C.C=Cc1nscc1C(C)(C)C. The summed E-state index contributed by atoms with van der Waals surface area (Å²) < 4.78 is 24.6. The molecule has 0 saturated carbocycles. The van der Waals surface area contributed by atoms with Crippen LogP contribution in [0.1, 0.15) is 351 Å². The van der Waals surface area contributed by atoms with Gasteiger partial charge in [0.25, 0.3) is 0 Å². The van der Waals surface area contributed by atoms with Gasteiger partial charge in [-0.2, -0.15) is 9.47 Å². The Bertz CT molecular complexity index is 4770. The summed E-state index contributed by atoms with van der Waals surface area (Å²) in [6.45, 7) is 123. The first-order chi connectivity index (χ1) is 60.5. The molecule has 0 saturated heterocycles. The number of hydrogen-bond acceptors (Lipinski definition) is 19. The molecule has 4 aliphatic rings. The molecule has 0 bridgehead atoms. The molecule has 0 spiro atoms. The van der Waals surface area contributed by atoms with Gasteiger partial charge in [0.05, 0.1) is 53.5 Å². The highest BCUT2D eigenvalue weighted by molar-refractivity contribution is 7.12. The lowest BCUT2D eigenvalue weighted by atomic mass is 9.84. The maximum absolute atomic E-state index is 5.37. The molecule has 0 amide bonds. The molecule has 0 aliphatic carbocycles. The third kappa shape index (κ3) is 43.4. The van der Waals surface area contributed by atoms with Crippen molar-refractivity contribution in [2.75, 3.05) is 13.1 Å². The van der Waals surface area contributed by atoms with Gasteiger partial charge in [-0.05, 0) is 140 Å². The first kappa shape index (κ1) is 119. The molecule has 0 radical (unpaired) electrons. The van der Waals surface area contributed by atoms with E-state index in [4.69, 9.17) is 17.9 Å². The Morgan fingerprint density at radius 1 is 0.409 bits per heavy atom. The van der Waals surface area contributed by atoms with Crippen molar-refractivity contribution in [1.29, 1.82) is 0 Å². The summed E-state index contributed by atoms with van der Waals surface area (Å²) in [6, 6.07) is 3.93. The van der Waals surface area contributed by atoms with Crippen LogP contribution in [0.5, 0.6) is 0 Å². The van der Waals surface area contributed by atoms with E-state index in [1.165, 1.54) is 44.5 Å². The van der Waals surface area contributed by atoms with Crippen LogP contribution in [0.2, 0.25) is 0 Å². The van der Waals surface area contributed by atoms with Crippen molar-refractivity contribution in [3.63, 3.8) is 0 Å². The molecule has 0 fully saturated rings. The fourth-order valence-electron chi connectivity index (χ4n) is 10.8. The quantitative estimate of drug-likeness (QED) is 0.121. The average molecular weight is 1850 g/mol. The van der Waals surface area contributed by atoms with E-state index in [1.54, 1.807) is 90.0 Å². The molecule has 20 heteroatoms. The van der Waals surface area contributed by atoms with Gasteiger partial charge < -0.3 is 17.9 Å². The molecule has 0 unspecified atom stereocenters. The molecule has 0 aromatic carbocycles. The fraction of sp³-hybridized carbons (Fsp3) is 0.464. The van der Waals surface area contributed by atoms with Crippen LogP contribution >= 0.6 is 34.2 Å². The minimum Gasteiger partial charge on any atom is -0.445 e. The van der Waals surface area contributed by atoms with Gasteiger partial charge in [0.1, 0.15) is 45.4 Å². The maximum Gasteiger partial charge on any atom is 0.218 e. The lowest BCUT2D eigenvalue weighted by Gasteiger charge is -2.20. The third-order valence-corrected chi connectivity index (χ3v) is 22.3. The van der Waals surface area contributed by atoms with Crippen molar-refractivity contribution < 1.29 is 17.9 Å². The Hall–Kier alpha value is -10.5. The predicted molar refractivity (Wildman–Crippen MR) is 581 cm³/mol. The number of nitrogens with zero attached hydrogens (tertiary/aromatic N) is 12. The van der Waals surface area contributed by atoms with Crippen LogP contribution in [0.3, 0.4) is 0 Å². The van der Waals surface area contributed by atoms with Crippen LogP contribution in [0.15, 0.2) is 236 Å². The summed E-state index contributed by atoms with van der Waals surface area (Å²) in [7, 11) is 0. The maximum atomic E-state index is 5.37. The highest BCUT2D eigenvalue weighted by Gasteiger charge is 2.28. The number of aromatic nitrogens is 9. The molecule has 720 valence electrons. The van der Waals surface area contributed by atoms with Gasteiger partial charge in [-0.3, -0.25) is 25.1 Å². The number of H-pyrrole nitrogens is 1. The molecule has 8 aromatic heterocycles. The number of nitrogens with one attached hydrogen (secondary N) is 1.